The normalized spacial score (nSPS) is 14.7. The fourth-order valence-corrected chi connectivity index (χ4v) is 2.65. The first kappa shape index (κ1) is 13.1. The fourth-order valence-electron chi connectivity index (χ4n) is 2.65. The van der Waals surface area contributed by atoms with E-state index in [0.29, 0.717) is 5.82 Å². The zero-order chi connectivity index (χ0) is 13.8. The van der Waals surface area contributed by atoms with Gasteiger partial charge in [-0.05, 0) is 32.1 Å². The van der Waals surface area contributed by atoms with Gasteiger partial charge in [-0.25, -0.2) is 15.0 Å². The van der Waals surface area contributed by atoms with E-state index in [0.717, 1.165) is 37.4 Å². The molecule has 0 spiro atoms. The molecule has 1 aliphatic carbocycles. The van der Waals surface area contributed by atoms with Crippen molar-refractivity contribution in [3.05, 3.63) is 23.7 Å². The number of aromatic nitrogens is 4. The topological polar surface area (TPSA) is 66.5 Å². The first-order chi connectivity index (χ1) is 9.88. The number of nitrogens with one attached hydrogen (secondary N) is 2. The highest BCUT2D eigenvalue weighted by molar-refractivity contribution is 5.54. The van der Waals surface area contributed by atoms with Crippen LogP contribution in [-0.2, 0) is 12.8 Å². The highest BCUT2D eigenvalue weighted by Gasteiger charge is 2.17. The van der Waals surface area contributed by atoms with Gasteiger partial charge < -0.3 is 10.3 Å². The molecule has 0 saturated heterocycles. The lowest BCUT2D eigenvalue weighted by Gasteiger charge is -2.13. The van der Waals surface area contributed by atoms with E-state index in [2.05, 4.69) is 22.2 Å². The molecule has 0 saturated carbocycles. The van der Waals surface area contributed by atoms with Gasteiger partial charge in [0, 0.05) is 30.2 Å². The predicted molar refractivity (Wildman–Crippen MR) is 79.7 cm³/mol. The quantitative estimate of drug-likeness (QED) is 0.839. The van der Waals surface area contributed by atoms with E-state index >= 15 is 0 Å². The number of hydrogen-bond donors (Lipinski definition) is 2. The molecule has 5 heteroatoms. The van der Waals surface area contributed by atoms with Crippen LogP contribution in [0.3, 0.4) is 0 Å². The van der Waals surface area contributed by atoms with E-state index < -0.39 is 0 Å². The van der Waals surface area contributed by atoms with Gasteiger partial charge in [0.15, 0.2) is 11.6 Å². The minimum Gasteiger partial charge on any atom is -0.370 e. The zero-order valence-electron chi connectivity index (χ0n) is 11.9. The molecule has 20 heavy (non-hydrogen) atoms. The van der Waals surface area contributed by atoms with Crippen LogP contribution in [0.15, 0.2) is 12.4 Å². The molecule has 0 bridgehead atoms. The minimum atomic E-state index is 0.703. The van der Waals surface area contributed by atoms with Gasteiger partial charge in [-0.2, -0.15) is 0 Å². The van der Waals surface area contributed by atoms with Gasteiger partial charge in [-0.1, -0.05) is 13.3 Å². The van der Waals surface area contributed by atoms with Gasteiger partial charge in [-0.15, -0.1) is 0 Å². The molecule has 2 N–H and O–H groups in total. The summed E-state index contributed by atoms with van der Waals surface area (Å²) in [4.78, 5) is 16.8. The van der Waals surface area contributed by atoms with Gasteiger partial charge in [0.25, 0.3) is 0 Å². The van der Waals surface area contributed by atoms with Gasteiger partial charge >= 0.3 is 0 Å². The number of rotatable bonds is 4. The molecule has 0 radical (unpaired) electrons. The van der Waals surface area contributed by atoms with Crippen LogP contribution >= 0.6 is 0 Å². The summed E-state index contributed by atoms with van der Waals surface area (Å²) in [6, 6.07) is 0. The number of fused-ring (bicyclic) bond motifs is 1. The van der Waals surface area contributed by atoms with Crippen molar-refractivity contribution in [1.29, 1.82) is 0 Å². The molecule has 3 rings (SSSR count). The van der Waals surface area contributed by atoms with Gasteiger partial charge in [0.05, 0.1) is 0 Å². The minimum absolute atomic E-state index is 0.703. The summed E-state index contributed by atoms with van der Waals surface area (Å²) in [6.45, 7) is 3.11. The van der Waals surface area contributed by atoms with Crippen LogP contribution in [0.1, 0.15) is 43.9 Å². The summed E-state index contributed by atoms with van der Waals surface area (Å²) < 4.78 is 0. The SMILES string of the molecule is CCCNc1nc(-c2ncc[nH]2)nc2c1CCCCC2. The molecule has 1 aliphatic rings. The lowest BCUT2D eigenvalue weighted by molar-refractivity contribution is 0.709. The molecule has 0 aliphatic heterocycles. The van der Waals surface area contributed by atoms with Gasteiger partial charge in [-0.3, -0.25) is 0 Å². The van der Waals surface area contributed by atoms with Crippen LogP contribution in [0.2, 0.25) is 0 Å². The molecule has 2 aromatic heterocycles. The maximum atomic E-state index is 4.74. The van der Waals surface area contributed by atoms with Crippen LogP contribution < -0.4 is 5.32 Å². The number of aryl methyl sites for hydroxylation is 1. The first-order valence-corrected chi connectivity index (χ1v) is 7.52. The zero-order valence-corrected chi connectivity index (χ0v) is 11.9. The van der Waals surface area contributed by atoms with Gasteiger partial charge in [0.2, 0.25) is 0 Å². The molecule has 5 nitrogen and oxygen atoms in total. The van der Waals surface area contributed by atoms with Crippen molar-refractivity contribution in [3.63, 3.8) is 0 Å². The second-order valence-electron chi connectivity index (χ2n) is 5.25. The Balaban J connectivity index is 2.03. The highest BCUT2D eigenvalue weighted by Crippen LogP contribution is 2.26. The third-order valence-electron chi connectivity index (χ3n) is 3.69. The maximum Gasteiger partial charge on any atom is 0.197 e. The van der Waals surface area contributed by atoms with Crippen molar-refractivity contribution in [2.24, 2.45) is 0 Å². The summed E-state index contributed by atoms with van der Waals surface area (Å²) in [5.41, 5.74) is 2.51. The van der Waals surface area contributed by atoms with Crippen LogP contribution in [0.25, 0.3) is 11.6 Å². The number of aromatic amines is 1. The van der Waals surface area contributed by atoms with Crippen molar-refractivity contribution in [2.45, 2.75) is 45.4 Å². The van der Waals surface area contributed by atoms with E-state index in [-0.39, 0.29) is 0 Å². The Kier molecular flexibility index (Phi) is 3.95. The average molecular weight is 271 g/mol. The standard InChI is InChI=1S/C15H21N5/c1-2-8-16-13-11-6-4-3-5-7-12(11)19-15(20-13)14-17-9-10-18-14/h9-10H,2-8H2,1H3,(H,17,18)(H,16,19,20). The molecule has 0 amide bonds. The van der Waals surface area contributed by atoms with Crippen molar-refractivity contribution in [3.8, 4) is 11.6 Å². The Bertz CT molecular complexity index is 562. The molecule has 0 unspecified atom stereocenters. The van der Waals surface area contributed by atoms with Crippen molar-refractivity contribution < 1.29 is 0 Å². The summed E-state index contributed by atoms with van der Waals surface area (Å²) >= 11 is 0. The Labute approximate surface area is 119 Å². The Morgan fingerprint density at radius 1 is 1.20 bits per heavy atom. The second-order valence-corrected chi connectivity index (χ2v) is 5.25. The molecule has 2 heterocycles. The molecule has 2 aromatic rings. The Hall–Kier alpha value is -1.91. The predicted octanol–water partition coefficient (Wildman–Crippen LogP) is 2.96. The largest absolute Gasteiger partial charge is 0.370 e. The van der Waals surface area contributed by atoms with Crippen LogP contribution in [-0.4, -0.2) is 26.5 Å². The van der Waals surface area contributed by atoms with E-state index in [9.17, 15) is 0 Å². The third kappa shape index (κ3) is 2.66. The van der Waals surface area contributed by atoms with E-state index in [1.54, 1.807) is 6.20 Å². The van der Waals surface area contributed by atoms with Crippen molar-refractivity contribution >= 4 is 5.82 Å². The summed E-state index contributed by atoms with van der Waals surface area (Å²) in [7, 11) is 0. The molecule has 0 fully saturated rings. The number of H-pyrrole nitrogens is 1. The van der Waals surface area contributed by atoms with Crippen LogP contribution in [0.5, 0.6) is 0 Å². The number of imidazole rings is 1. The Morgan fingerprint density at radius 2 is 2.10 bits per heavy atom. The lowest BCUT2D eigenvalue weighted by Crippen LogP contribution is -2.10. The summed E-state index contributed by atoms with van der Waals surface area (Å²) in [5.74, 6) is 2.45. The monoisotopic (exact) mass is 271 g/mol. The number of nitrogens with zero attached hydrogens (tertiary/aromatic N) is 3. The molecule has 0 atom stereocenters. The first-order valence-electron chi connectivity index (χ1n) is 7.52. The fraction of sp³-hybridized carbons (Fsp3) is 0.533. The summed E-state index contributed by atoms with van der Waals surface area (Å²) in [6.07, 6.45) is 10.5. The van der Waals surface area contributed by atoms with E-state index in [1.807, 2.05) is 6.20 Å². The Morgan fingerprint density at radius 3 is 2.90 bits per heavy atom. The van der Waals surface area contributed by atoms with E-state index in [4.69, 9.17) is 9.97 Å². The van der Waals surface area contributed by atoms with Gasteiger partial charge in [0.1, 0.15) is 5.82 Å². The van der Waals surface area contributed by atoms with Crippen LogP contribution in [0.4, 0.5) is 5.82 Å². The maximum absolute atomic E-state index is 4.74. The van der Waals surface area contributed by atoms with Crippen LogP contribution in [0, 0.1) is 0 Å². The summed E-state index contributed by atoms with van der Waals surface area (Å²) in [5, 5.41) is 3.46. The second kappa shape index (κ2) is 6.03. The lowest BCUT2D eigenvalue weighted by atomic mass is 10.1. The van der Waals surface area contributed by atoms with Crippen molar-refractivity contribution in [2.75, 3.05) is 11.9 Å². The number of anilines is 1. The molecule has 0 aromatic carbocycles. The van der Waals surface area contributed by atoms with Crippen molar-refractivity contribution in [1.82, 2.24) is 19.9 Å². The average Bonchev–Trinajstić information content (AvgIpc) is 2.90. The third-order valence-corrected chi connectivity index (χ3v) is 3.69. The number of hydrogen-bond acceptors (Lipinski definition) is 4. The molecular weight excluding hydrogens is 250 g/mol. The molecule has 106 valence electrons. The van der Waals surface area contributed by atoms with E-state index in [1.165, 1.54) is 30.5 Å². The molecular formula is C15H21N5. The highest BCUT2D eigenvalue weighted by atomic mass is 15.1. The smallest absolute Gasteiger partial charge is 0.197 e.